The maximum atomic E-state index is 11.1. The van der Waals surface area contributed by atoms with Crippen LogP contribution in [0.3, 0.4) is 0 Å². The van der Waals surface area contributed by atoms with Crippen LogP contribution >= 0.6 is 0 Å². The SMILES string of the molecule is N#CC(=Cc1cn[nH]c1-c1cccc([N+](=O)[O-])c1)c1nn(-c2ccccc2)c(N)c1C#N. The van der Waals surface area contributed by atoms with Crippen LogP contribution in [0.5, 0.6) is 0 Å². The lowest BCUT2D eigenvalue weighted by atomic mass is 10.0. The number of rotatable bonds is 5. The van der Waals surface area contributed by atoms with Gasteiger partial charge < -0.3 is 5.73 Å². The van der Waals surface area contributed by atoms with Crippen molar-refractivity contribution < 1.29 is 4.92 Å². The van der Waals surface area contributed by atoms with Crippen molar-refractivity contribution in [1.82, 2.24) is 20.0 Å². The Bertz CT molecular complexity index is 1430. The number of nitrogen functional groups attached to an aromatic ring is 1. The molecule has 0 saturated heterocycles. The number of H-pyrrole nitrogens is 1. The summed E-state index contributed by atoms with van der Waals surface area (Å²) >= 11 is 0. The number of allylic oxidation sites excluding steroid dienone is 1. The monoisotopic (exact) mass is 422 g/mol. The number of nitriles is 2. The Morgan fingerprint density at radius 3 is 2.66 bits per heavy atom. The molecule has 0 amide bonds. The fraction of sp³-hybridized carbons (Fsp3) is 0. The first kappa shape index (κ1) is 20.1. The molecule has 3 N–H and O–H groups in total. The molecule has 0 radical (unpaired) electrons. The molecule has 10 nitrogen and oxygen atoms in total. The van der Waals surface area contributed by atoms with E-state index in [-0.39, 0.29) is 28.3 Å². The van der Waals surface area contributed by atoms with Crippen LogP contribution in [-0.4, -0.2) is 24.9 Å². The summed E-state index contributed by atoms with van der Waals surface area (Å²) in [7, 11) is 0. The van der Waals surface area contributed by atoms with Crippen molar-refractivity contribution in [2.24, 2.45) is 0 Å². The number of hydrogen-bond donors (Lipinski definition) is 2. The van der Waals surface area contributed by atoms with E-state index >= 15 is 0 Å². The first-order valence-electron chi connectivity index (χ1n) is 9.28. The van der Waals surface area contributed by atoms with Gasteiger partial charge in [0.25, 0.3) is 5.69 Å². The fourth-order valence-electron chi connectivity index (χ4n) is 3.22. The maximum absolute atomic E-state index is 11.1. The fourth-order valence-corrected chi connectivity index (χ4v) is 3.22. The second kappa shape index (κ2) is 8.26. The number of nitrogens with two attached hydrogens (primary N) is 1. The minimum absolute atomic E-state index is 0.0713. The minimum atomic E-state index is -0.492. The van der Waals surface area contributed by atoms with Gasteiger partial charge in [0.15, 0.2) is 0 Å². The van der Waals surface area contributed by atoms with Crippen LogP contribution in [0.25, 0.3) is 28.6 Å². The summed E-state index contributed by atoms with van der Waals surface area (Å²) in [5.41, 5.74) is 8.50. The number of para-hydroxylation sites is 1. The van der Waals surface area contributed by atoms with E-state index in [9.17, 15) is 20.6 Å². The average Bonchev–Trinajstić information content (AvgIpc) is 3.42. The zero-order valence-corrected chi connectivity index (χ0v) is 16.4. The number of nitrogens with one attached hydrogen (secondary N) is 1. The van der Waals surface area contributed by atoms with Crippen LogP contribution in [0.15, 0.2) is 60.8 Å². The molecule has 2 aromatic heterocycles. The molecule has 0 spiro atoms. The Labute approximate surface area is 181 Å². The molecule has 0 atom stereocenters. The van der Waals surface area contributed by atoms with Crippen LogP contribution in [0.1, 0.15) is 16.8 Å². The molecule has 2 aromatic carbocycles. The highest BCUT2D eigenvalue weighted by Gasteiger charge is 2.21. The van der Waals surface area contributed by atoms with Crippen molar-refractivity contribution in [2.45, 2.75) is 0 Å². The molecule has 0 bridgehead atoms. The highest BCUT2D eigenvalue weighted by molar-refractivity contribution is 5.93. The molecule has 154 valence electrons. The van der Waals surface area contributed by atoms with Gasteiger partial charge in [-0.1, -0.05) is 30.3 Å². The zero-order chi connectivity index (χ0) is 22.7. The molecule has 0 unspecified atom stereocenters. The van der Waals surface area contributed by atoms with E-state index in [1.54, 1.807) is 36.4 Å². The van der Waals surface area contributed by atoms with Gasteiger partial charge >= 0.3 is 0 Å². The predicted octanol–water partition coefficient (Wildman–Crippen LogP) is 3.69. The first-order chi connectivity index (χ1) is 15.5. The van der Waals surface area contributed by atoms with Crippen molar-refractivity contribution in [3.05, 3.63) is 87.7 Å². The Balaban J connectivity index is 1.83. The molecule has 32 heavy (non-hydrogen) atoms. The van der Waals surface area contributed by atoms with Crippen LogP contribution in [0, 0.1) is 32.8 Å². The van der Waals surface area contributed by atoms with Gasteiger partial charge in [0, 0.05) is 23.3 Å². The molecule has 2 heterocycles. The van der Waals surface area contributed by atoms with Gasteiger partial charge in [-0.15, -0.1) is 0 Å². The first-order valence-corrected chi connectivity index (χ1v) is 9.28. The number of nitro benzene ring substituents is 1. The second-order valence-corrected chi connectivity index (χ2v) is 6.65. The van der Waals surface area contributed by atoms with E-state index in [2.05, 4.69) is 21.4 Å². The number of nitro groups is 1. The molecule has 4 rings (SSSR count). The van der Waals surface area contributed by atoms with Crippen molar-refractivity contribution in [3.63, 3.8) is 0 Å². The summed E-state index contributed by atoms with van der Waals surface area (Å²) in [6.45, 7) is 0. The summed E-state index contributed by atoms with van der Waals surface area (Å²) < 4.78 is 1.40. The Morgan fingerprint density at radius 1 is 1.19 bits per heavy atom. The lowest BCUT2D eigenvalue weighted by Gasteiger charge is -2.02. The lowest BCUT2D eigenvalue weighted by molar-refractivity contribution is -0.384. The topological polar surface area (TPSA) is 163 Å². The molecular weight excluding hydrogens is 408 g/mol. The highest BCUT2D eigenvalue weighted by Crippen LogP contribution is 2.30. The third-order valence-electron chi connectivity index (χ3n) is 4.72. The maximum Gasteiger partial charge on any atom is 0.270 e. The zero-order valence-electron chi connectivity index (χ0n) is 16.4. The predicted molar refractivity (Wildman–Crippen MR) is 117 cm³/mol. The third kappa shape index (κ3) is 3.56. The van der Waals surface area contributed by atoms with Gasteiger partial charge in [-0.25, -0.2) is 4.68 Å². The van der Waals surface area contributed by atoms with Crippen molar-refractivity contribution in [3.8, 4) is 29.1 Å². The molecule has 0 aliphatic carbocycles. The van der Waals surface area contributed by atoms with Gasteiger partial charge in [-0.3, -0.25) is 15.2 Å². The van der Waals surface area contributed by atoms with Crippen LogP contribution in [-0.2, 0) is 0 Å². The number of aromatic nitrogens is 4. The number of non-ortho nitro benzene ring substituents is 1. The smallest absolute Gasteiger partial charge is 0.270 e. The number of hydrogen-bond acceptors (Lipinski definition) is 7. The summed E-state index contributed by atoms with van der Waals surface area (Å²) in [5.74, 6) is 0.112. The Hall–Kier alpha value is -5.22. The number of nitrogens with zero attached hydrogens (tertiary/aromatic N) is 6. The van der Waals surface area contributed by atoms with Gasteiger partial charge in [0.2, 0.25) is 0 Å². The highest BCUT2D eigenvalue weighted by atomic mass is 16.6. The lowest BCUT2D eigenvalue weighted by Crippen LogP contribution is -2.02. The number of benzene rings is 2. The van der Waals surface area contributed by atoms with Gasteiger partial charge in [-0.2, -0.15) is 20.7 Å². The molecule has 10 heteroatoms. The Morgan fingerprint density at radius 2 is 1.97 bits per heavy atom. The van der Waals surface area contributed by atoms with E-state index in [4.69, 9.17) is 5.73 Å². The molecular formula is C22H14N8O2. The van der Waals surface area contributed by atoms with E-state index in [1.807, 2.05) is 12.1 Å². The molecule has 0 fully saturated rings. The quantitative estimate of drug-likeness (QED) is 0.281. The van der Waals surface area contributed by atoms with E-state index in [0.29, 0.717) is 22.5 Å². The van der Waals surface area contributed by atoms with Crippen molar-refractivity contribution in [1.29, 1.82) is 10.5 Å². The average molecular weight is 422 g/mol. The van der Waals surface area contributed by atoms with E-state index in [1.165, 1.54) is 29.1 Å². The van der Waals surface area contributed by atoms with Gasteiger partial charge in [-0.05, 0) is 18.2 Å². The number of aromatic amines is 1. The second-order valence-electron chi connectivity index (χ2n) is 6.65. The largest absolute Gasteiger partial charge is 0.382 e. The third-order valence-corrected chi connectivity index (χ3v) is 4.72. The summed E-state index contributed by atoms with van der Waals surface area (Å²) in [6.07, 6.45) is 2.99. The molecule has 4 aromatic rings. The van der Waals surface area contributed by atoms with E-state index < -0.39 is 4.92 Å². The van der Waals surface area contributed by atoms with Gasteiger partial charge in [0.1, 0.15) is 29.2 Å². The van der Waals surface area contributed by atoms with Crippen LogP contribution in [0.2, 0.25) is 0 Å². The van der Waals surface area contributed by atoms with Crippen LogP contribution < -0.4 is 5.73 Å². The summed E-state index contributed by atoms with van der Waals surface area (Å²) in [4.78, 5) is 10.6. The Kier molecular flexibility index (Phi) is 5.18. The molecule has 0 aliphatic heterocycles. The number of anilines is 1. The van der Waals surface area contributed by atoms with Crippen LogP contribution in [0.4, 0.5) is 11.5 Å². The molecule has 0 aliphatic rings. The van der Waals surface area contributed by atoms with Crippen molar-refractivity contribution in [2.75, 3.05) is 5.73 Å². The molecule has 0 saturated carbocycles. The standard InChI is InChI=1S/C22H14N8O2/c23-11-15(21-19(12-24)22(25)29(28-21)17-6-2-1-3-7-17)9-16-13-26-27-20(16)14-5-4-8-18(10-14)30(31)32/h1-10,13H,25H2,(H,26,27). The minimum Gasteiger partial charge on any atom is -0.382 e. The van der Waals surface area contributed by atoms with E-state index in [0.717, 1.165) is 0 Å². The normalized spacial score (nSPS) is 11.0. The summed E-state index contributed by atoms with van der Waals surface area (Å²) in [6, 6.07) is 19.1. The van der Waals surface area contributed by atoms with Gasteiger partial charge in [0.05, 0.1) is 28.1 Å². The summed E-state index contributed by atoms with van der Waals surface area (Å²) in [5, 5.41) is 41.8. The van der Waals surface area contributed by atoms with Crippen molar-refractivity contribution >= 4 is 23.2 Å².